The van der Waals surface area contributed by atoms with Gasteiger partial charge in [-0.1, -0.05) is 23.7 Å². The second-order valence-electron chi connectivity index (χ2n) is 4.42. The van der Waals surface area contributed by atoms with Crippen LogP contribution in [0.3, 0.4) is 0 Å². The molecule has 6 heteroatoms. The number of carbonyl (C=O) groups is 2. The number of carbonyl (C=O) groups excluding carboxylic acids is 1. The first-order valence-electron chi connectivity index (χ1n) is 6.13. The molecular weight excluding hydrogens is 292 g/mol. The number of amides is 2. The molecule has 0 aliphatic rings. The predicted octanol–water partition coefficient (Wildman–Crippen LogP) is 3.99. The number of carboxylic acid groups (broad SMARTS) is 1. The van der Waals surface area contributed by atoms with E-state index in [0.717, 1.165) is 5.56 Å². The Kier molecular flexibility index (Phi) is 4.45. The predicted molar refractivity (Wildman–Crippen MR) is 82.2 cm³/mol. The van der Waals surface area contributed by atoms with E-state index >= 15 is 0 Å². The number of anilines is 2. The molecule has 0 fully saturated rings. The Morgan fingerprint density at radius 3 is 2.57 bits per heavy atom. The number of rotatable bonds is 3. The van der Waals surface area contributed by atoms with Gasteiger partial charge >= 0.3 is 12.0 Å². The largest absolute Gasteiger partial charge is 0.478 e. The van der Waals surface area contributed by atoms with Crippen molar-refractivity contribution in [1.29, 1.82) is 0 Å². The van der Waals surface area contributed by atoms with Gasteiger partial charge in [0.25, 0.3) is 0 Å². The maximum Gasteiger partial charge on any atom is 0.335 e. The van der Waals surface area contributed by atoms with Gasteiger partial charge in [0.2, 0.25) is 0 Å². The first kappa shape index (κ1) is 14.9. The lowest BCUT2D eigenvalue weighted by molar-refractivity contribution is 0.0697. The topological polar surface area (TPSA) is 78.4 Å². The van der Waals surface area contributed by atoms with Crippen LogP contribution in [-0.4, -0.2) is 17.1 Å². The lowest BCUT2D eigenvalue weighted by atomic mass is 10.2. The summed E-state index contributed by atoms with van der Waals surface area (Å²) < 4.78 is 0. The van der Waals surface area contributed by atoms with Crippen molar-refractivity contribution in [2.75, 3.05) is 10.6 Å². The number of carboxylic acids is 1. The summed E-state index contributed by atoms with van der Waals surface area (Å²) in [7, 11) is 0. The normalized spacial score (nSPS) is 10.0. The van der Waals surface area contributed by atoms with E-state index in [-0.39, 0.29) is 5.56 Å². The molecule has 0 aliphatic heterocycles. The van der Waals surface area contributed by atoms with Crippen LogP contribution in [0.1, 0.15) is 15.9 Å². The van der Waals surface area contributed by atoms with E-state index in [1.807, 2.05) is 6.92 Å². The first-order chi connectivity index (χ1) is 9.95. The Labute approximate surface area is 126 Å². The highest BCUT2D eigenvalue weighted by molar-refractivity contribution is 6.31. The van der Waals surface area contributed by atoms with Gasteiger partial charge in [-0.3, -0.25) is 0 Å². The molecule has 2 aromatic carbocycles. The van der Waals surface area contributed by atoms with Crippen LogP contribution < -0.4 is 10.6 Å². The maximum absolute atomic E-state index is 11.9. The monoisotopic (exact) mass is 304 g/mol. The van der Waals surface area contributed by atoms with Crippen LogP contribution in [0.15, 0.2) is 42.5 Å². The Morgan fingerprint density at radius 2 is 1.86 bits per heavy atom. The van der Waals surface area contributed by atoms with Crippen molar-refractivity contribution >= 4 is 35.0 Å². The van der Waals surface area contributed by atoms with E-state index in [0.29, 0.717) is 16.4 Å². The van der Waals surface area contributed by atoms with Gasteiger partial charge in [-0.25, -0.2) is 9.59 Å². The Balaban J connectivity index is 2.10. The molecule has 0 aromatic heterocycles. The van der Waals surface area contributed by atoms with Crippen LogP contribution in [0.25, 0.3) is 0 Å². The molecular formula is C15H13ClN2O3. The molecule has 0 heterocycles. The summed E-state index contributed by atoms with van der Waals surface area (Å²) in [5, 5.41) is 14.7. The lowest BCUT2D eigenvalue weighted by Crippen LogP contribution is -2.20. The fraction of sp³-hybridized carbons (Fsp3) is 0.0667. The molecule has 3 N–H and O–H groups in total. The van der Waals surface area contributed by atoms with Gasteiger partial charge in [-0.2, -0.15) is 0 Å². The number of benzene rings is 2. The van der Waals surface area contributed by atoms with Crippen molar-refractivity contribution < 1.29 is 14.7 Å². The summed E-state index contributed by atoms with van der Waals surface area (Å²) >= 11 is 5.88. The fourth-order valence-corrected chi connectivity index (χ4v) is 1.92. The summed E-state index contributed by atoms with van der Waals surface area (Å²) in [6.07, 6.45) is 0. The van der Waals surface area contributed by atoms with E-state index in [9.17, 15) is 9.59 Å². The minimum absolute atomic E-state index is 0.103. The zero-order chi connectivity index (χ0) is 15.4. The molecule has 0 aliphatic carbocycles. The highest BCUT2D eigenvalue weighted by Crippen LogP contribution is 2.20. The molecule has 0 unspecified atom stereocenters. The molecule has 0 saturated heterocycles. The van der Waals surface area contributed by atoms with Crippen LogP contribution in [-0.2, 0) is 0 Å². The van der Waals surface area contributed by atoms with E-state index in [4.69, 9.17) is 16.7 Å². The van der Waals surface area contributed by atoms with Crippen LogP contribution in [0.2, 0.25) is 5.02 Å². The molecule has 21 heavy (non-hydrogen) atoms. The van der Waals surface area contributed by atoms with Gasteiger partial charge in [-0.15, -0.1) is 0 Å². The van der Waals surface area contributed by atoms with Crippen molar-refractivity contribution in [3.05, 3.63) is 58.6 Å². The summed E-state index contributed by atoms with van der Waals surface area (Å²) in [5.74, 6) is -1.05. The minimum atomic E-state index is -1.05. The number of aryl methyl sites for hydroxylation is 1. The number of nitrogens with one attached hydrogen (secondary N) is 2. The van der Waals surface area contributed by atoms with Crippen LogP contribution in [0.5, 0.6) is 0 Å². The van der Waals surface area contributed by atoms with Crippen molar-refractivity contribution in [3.63, 3.8) is 0 Å². The van der Waals surface area contributed by atoms with Crippen molar-refractivity contribution in [2.24, 2.45) is 0 Å². The Hall–Kier alpha value is -2.53. The molecule has 0 atom stereocenters. The number of aromatic carboxylic acids is 1. The molecule has 0 spiro atoms. The summed E-state index contributed by atoms with van der Waals surface area (Å²) in [6.45, 7) is 1.84. The van der Waals surface area contributed by atoms with Gasteiger partial charge < -0.3 is 15.7 Å². The number of halogens is 1. The van der Waals surface area contributed by atoms with Crippen molar-refractivity contribution in [2.45, 2.75) is 6.92 Å². The average Bonchev–Trinajstić information content (AvgIpc) is 2.43. The zero-order valence-corrected chi connectivity index (χ0v) is 11.9. The summed E-state index contributed by atoms with van der Waals surface area (Å²) in [4.78, 5) is 22.8. The van der Waals surface area contributed by atoms with E-state index in [1.54, 1.807) is 30.3 Å². The Bertz CT molecular complexity index is 701. The zero-order valence-electron chi connectivity index (χ0n) is 11.2. The smallest absolute Gasteiger partial charge is 0.335 e. The summed E-state index contributed by atoms with van der Waals surface area (Å²) in [6, 6.07) is 10.7. The second-order valence-corrected chi connectivity index (χ2v) is 4.86. The van der Waals surface area contributed by atoms with Gasteiger partial charge in [0.15, 0.2) is 0 Å². The van der Waals surface area contributed by atoms with E-state index in [2.05, 4.69) is 10.6 Å². The SMILES string of the molecule is Cc1ccc(Cl)cc1NC(=O)Nc1cccc(C(=O)O)c1. The third-order valence-electron chi connectivity index (χ3n) is 2.82. The third kappa shape index (κ3) is 3.97. The highest BCUT2D eigenvalue weighted by atomic mass is 35.5. The molecule has 108 valence electrons. The van der Waals surface area contributed by atoms with Gasteiger partial charge in [0.1, 0.15) is 0 Å². The molecule has 2 aromatic rings. The molecule has 2 amide bonds. The van der Waals surface area contributed by atoms with Crippen LogP contribution in [0.4, 0.5) is 16.2 Å². The second kappa shape index (κ2) is 6.28. The van der Waals surface area contributed by atoms with Gasteiger partial charge in [0, 0.05) is 16.4 Å². The molecule has 5 nitrogen and oxygen atoms in total. The number of hydrogen-bond donors (Lipinski definition) is 3. The van der Waals surface area contributed by atoms with Gasteiger partial charge in [0.05, 0.1) is 5.56 Å². The maximum atomic E-state index is 11.9. The lowest BCUT2D eigenvalue weighted by Gasteiger charge is -2.10. The van der Waals surface area contributed by atoms with Crippen molar-refractivity contribution in [3.8, 4) is 0 Å². The molecule has 0 radical (unpaired) electrons. The van der Waals surface area contributed by atoms with Crippen LogP contribution in [0, 0.1) is 6.92 Å². The summed E-state index contributed by atoms with van der Waals surface area (Å²) in [5.41, 5.74) is 1.96. The van der Waals surface area contributed by atoms with E-state index in [1.165, 1.54) is 12.1 Å². The molecule has 2 rings (SSSR count). The van der Waals surface area contributed by atoms with Crippen molar-refractivity contribution in [1.82, 2.24) is 0 Å². The highest BCUT2D eigenvalue weighted by Gasteiger charge is 2.08. The number of hydrogen-bond acceptors (Lipinski definition) is 2. The molecule has 0 bridgehead atoms. The average molecular weight is 305 g/mol. The van der Waals surface area contributed by atoms with Crippen LogP contribution >= 0.6 is 11.6 Å². The standard InChI is InChI=1S/C15H13ClN2O3/c1-9-5-6-11(16)8-13(9)18-15(21)17-12-4-2-3-10(7-12)14(19)20/h2-8H,1H3,(H,19,20)(H2,17,18,21). The number of urea groups is 1. The van der Waals surface area contributed by atoms with E-state index < -0.39 is 12.0 Å². The molecule has 0 saturated carbocycles. The first-order valence-corrected chi connectivity index (χ1v) is 6.51. The Morgan fingerprint density at radius 1 is 1.10 bits per heavy atom. The minimum Gasteiger partial charge on any atom is -0.478 e. The van der Waals surface area contributed by atoms with Gasteiger partial charge in [-0.05, 0) is 42.8 Å². The quantitative estimate of drug-likeness (QED) is 0.802. The third-order valence-corrected chi connectivity index (χ3v) is 3.05. The fourth-order valence-electron chi connectivity index (χ4n) is 1.74.